The molecular formula is C21H24N2O. The van der Waals surface area contributed by atoms with Crippen molar-refractivity contribution >= 4 is 23.2 Å². The average molecular weight is 320 g/mol. The van der Waals surface area contributed by atoms with E-state index in [0.717, 1.165) is 29.6 Å². The van der Waals surface area contributed by atoms with Gasteiger partial charge in [0.25, 0.3) is 0 Å². The van der Waals surface area contributed by atoms with Crippen LogP contribution in [0.15, 0.2) is 47.1 Å². The fourth-order valence-corrected chi connectivity index (χ4v) is 3.79. The molecule has 0 aliphatic heterocycles. The van der Waals surface area contributed by atoms with Gasteiger partial charge in [0, 0.05) is 6.54 Å². The van der Waals surface area contributed by atoms with Crippen LogP contribution in [-0.4, -0.2) is 9.55 Å². The van der Waals surface area contributed by atoms with Crippen molar-refractivity contribution in [1.29, 1.82) is 0 Å². The van der Waals surface area contributed by atoms with E-state index in [1.54, 1.807) is 6.26 Å². The molecule has 1 aromatic carbocycles. The third-order valence-electron chi connectivity index (χ3n) is 5.11. The van der Waals surface area contributed by atoms with Crippen LogP contribution in [0.4, 0.5) is 0 Å². The monoisotopic (exact) mass is 320 g/mol. The highest BCUT2D eigenvalue weighted by molar-refractivity contribution is 5.79. The summed E-state index contributed by atoms with van der Waals surface area (Å²) in [7, 11) is 0. The average Bonchev–Trinajstić information content (AvgIpc) is 3.26. The van der Waals surface area contributed by atoms with Crippen molar-refractivity contribution in [3.63, 3.8) is 0 Å². The zero-order chi connectivity index (χ0) is 16.2. The minimum Gasteiger partial charge on any atom is -0.465 e. The largest absolute Gasteiger partial charge is 0.465 e. The van der Waals surface area contributed by atoms with E-state index in [1.165, 1.54) is 44.0 Å². The molecule has 24 heavy (non-hydrogen) atoms. The first-order valence-electron chi connectivity index (χ1n) is 9.07. The van der Waals surface area contributed by atoms with Crippen molar-refractivity contribution in [3.05, 3.63) is 54.2 Å². The predicted molar refractivity (Wildman–Crippen MR) is 98.6 cm³/mol. The molecule has 4 rings (SSSR count). The van der Waals surface area contributed by atoms with E-state index in [2.05, 4.69) is 34.9 Å². The fourth-order valence-electron chi connectivity index (χ4n) is 3.79. The van der Waals surface area contributed by atoms with Crippen LogP contribution in [0, 0.1) is 5.92 Å². The van der Waals surface area contributed by atoms with Crippen LogP contribution in [0.25, 0.3) is 23.2 Å². The third kappa shape index (κ3) is 3.30. The third-order valence-corrected chi connectivity index (χ3v) is 5.11. The summed E-state index contributed by atoms with van der Waals surface area (Å²) in [5.41, 5.74) is 2.30. The lowest BCUT2D eigenvalue weighted by Crippen LogP contribution is -2.11. The van der Waals surface area contributed by atoms with Crippen LogP contribution in [0.3, 0.4) is 0 Å². The summed E-state index contributed by atoms with van der Waals surface area (Å²) in [6, 6.07) is 12.3. The number of imidazole rings is 1. The smallest absolute Gasteiger partial charge is 0.133 e. The van der Waals surface area contributed by atoms with E-state index in [-0.39, 0.29) is 0 Å². The molecule has 1 aliphatic rings. The second-order valence-electron chi connectivity index (χ2n) is 6.75. The van der Waals surface area contributed by atoms with E-state index >= 15 is 0 Å². The normalized spacial score (nSPS) is 16.3. The summed E-state index contributed by atoms with van der Waals surface area (Å²) in [4.78, 5) is 4.81. The van der Waals surface area contributed by atoms with Gasteiger partial charge in [-0.25, -0.2) is 4.98 Å². The first-order valence-corrected chi connectivity index (χ1v) is 9.07. The summed E-state index contributed by atoms with van der Waals surface area (Å²) in [6.45, 7) is 1.04. The van der Waals surface area contributed by atoms with Gasteiger partial charge in [0.1, 0.15) is 11.6 Å². The molecule has 1 fully saturated rings. The lowest BCUT2D eigenvalue weighted by atomic mass is 9.87. The molecule has 0 N–H and O–H groups in total. The number of hydrogen-bond acceptors (Lipinski definition) is 2. The molecular weight excluding hydrogens is 296 g/mol. The van der Waals surface area contributed by atoms with Crippen LogP contribution in [0.5, 0.6) is 0 Å². The maximum atomic E-state index is 5.40. The SMILES string of the molecule is C(=C\c1nc2ccccc2n1CCC1CCCCC1)/c1ccco1. The van der Waals surface area contributed by atoms with Crippen molar-refractivity contribution < 1.29 is 4.42 Å². The molecule has 0 saturated heterocycles. The van der Waals surface area contributed by atoms with Crippen LogP contribution in [-0.2, 0) is 6.54 Å². The minimum absolute atomic E-state index is 0.862. The molecule has 0 atom stereocenters. The van der Waals surface area contributed by atoms with Gasteiger partial charge < -0.3 is 8.98 Å². The van der Waals surface area contributed by atoms with Crippen LogP contribution >= 0.6 is 0 Å². The molecule has 2 aromatic heterocycles. The van der Waals surface area contributed by atoms with E-state index in [0.29, 0.717) is 0 Å². The Balaban J connectivity index is 1.60. The Kier molecular flexibility index (Phi) is 4.50. The lowest BCUT2D eigenvalue weighted by Gasteiger charge is -2.22. The standard InChI is InChI=1S/C21H24N2O/c1-2-7-17(8-3-1)14-15-23-20-11-5-4-10-19(20)22-21(23)13-12-18-9-6-16-24-18/h4-6,9-13,16-17H,1-3,7-8,14-15H2/b13-12+. The summed E-state index contributed by atoms with van der Waals surface area (Å²) in [6.07, 6.45) is 14.0. The number of furan rings is 1. The van der Waals surface area contributed by atoms with Gasteiger partial charge in [-0.2, -0.15) is 0 Å². The molecule has 124 valence electrons. The number of rotatable bonds is 5. The molecule has 1 saturated carbocycles. The number of para-hydroxylation sites is 2. The van der Waals surface area contributed by atoms with Crippen molar-refractivity contribution in [2.24, 2.45) is 5.92 Å². The molecule has 3 heteroatoms. The second-order valence-corrected chi connectivity index (χ2v) is 6.75. The Bertz CT molecular complexity index is 808. The second kappa shape index (κ2) is 7.08. The summed E-state index contributed by atoms with van der Waals surface area (Å²) >= 11 is 0. The molecule has 0 bridgehead atoms. The van der Waals surface area contributed by atoms with E-state index in [4.69, 9.17) is 9.40 Å². The highest BCUT2D eigenvalue weighted by Gasteiger charge is 2.15. The predicted octanol–water partition coefficient (Wildman–Crippen LogP) is 5.77. The number of fused-ring (bicyclic) bond motifs is 1. The van der Waals surface area contributed by atoms with Crippen LogP contribution in [0.2, 0.25) is 0 Å². The first-order chi connectivity index (χ1) is 11.9. The van der Waals surface area contributed by atoms with Crippen molar-refractivity contribution in [1.82, 2.24) is 9.55 Å². The molecule has 1 aliphatic carbocycles. The summed E-state index contributed by atoms with van der Waals surface area (Å²) in [5, 5.41) is 0. The number of nitrogens with zero attached hydrogens (tertiary/aromatic N) is 2. The van der Waals surface area contributed by atoms with Crippen LogP contribution in [0.1, 0.15) is 50.1 Å². The topological polar surface area (TPSA) is 31.0 Å². The van der Waals surface area contributed by atoms with Gasteiger partial charge in [0.05, 0.1) is 17.3 Å². The highest BCUT2D eigenvalue weighted by atomic mass is 16.3. The zero-order valence-electron chi connectivity index (χ0n) is 14.0. The maximum Gasteiger partial charge on any atom is 0.133 e. The van der Waals surface area contributed by atoms with Crippen molar-refractivity contribution in [3.8, 4) is 0 Å². The van der Waals surface area contributed by atoms with Gasteiger partial charge in [0.2, 0.25) is 0 Å². The Morgan fingerprint density at radius 3 is 2.75 bits per heavy atom. The van der Waals surface area contributed by atoms with Crippen molar-refractivity contribution in [2.45, 2.75) is 45.1 Å². The first kappa shape index (κ1) is 15.3. The Morgan fingerprint density at radius 1 is 1.04 bits per heavy atom. The Labute approximate surface area is 143 Å². The van der Waals surface area contributed by atoms with Gasteiger partial charge in [-0.05, 0) is 48.8 Å². The number of hydrogen-bond donors (Lipinski definition) is 0. The summed E-state index contributed by atoms with van der Waals surface area (Å²) < 4.78 is 7.76. The van der Waals surface area contributed by atoms with Crippen molar-refractivity contribution in [2.75, 3.05) is 0 Å². The molecule has 2 heterocycles. The highest BCUT2D eigenvalue weighted by Crippen LogP contribution is 2.28. The van der Waals surface area contributed by atoms with Gasteiger partial charge >= 0.3 is 0 Å². The number of aromatic nitrogens is 2. The van der Waals surface area contributed by atoms with Gasteiger partial charge in [-0.3, -0.25) is 0 Å². The van der Waals surface area contributed by atoms with Gasteiger partial charge in [-0.1, -0.05) is 44.2 Å². The quantitative estimate of drug-likeness (QED) is 0.597. The summed E-state index contributed by atoms with van der Waals surface area (Å²) in [5.74, 6) is 2.76. The Morgan fingerprint density at radius 2 is 1.92 bits per heavy atom. The van der Waals surface area contributed by atoms with Gasteiger partial charge in [0.15, 0.2) is 0 Å². The maximum absolute atomic E-state index is 5.40. The minimum atomic E-state index is 0.862. The number of benzene rings is 1. The Hall–Kier alpha value is -2.29. The zero-order valence-corrected chi connectivity index (χ0v) is 14.0. The van der Waals surface area contributed by atoms with Crippen LogP contribution < -0.4 is 0 Å². The van der Waals surface area contributed by atoms with E-state index in [1.807, 2.05) is 18.2 Å². The molecule has 0 amide bonds. The molecule has 0 radical (unpaired) electrons. The van der Waals surface area contributed by atoms with Gasteiger partial charge in [-0.15, -0.1) is 0 Å². The fraction of sp³-hybridized carbons (Fsp3) is 0.381. The lowest BCUT2D eigenvalue weighted by molar-refractivity contribution is 0.325. The molecule has 3 aromatic rings. The number of aryl methyl sites for hydroxylation is 1. The molecule has 0 unspecified atom stereocenters. The van der Waals surface area contributed by atoms with E-state index in [9.17, 15) is 0 Å². The molecule has 3 nitrogen and oxygen atoms in total. The van der Waals surface area contributed by atoms with E-state index < -0.39 is 0 Å². The molecule has 0 spiro atoms.